The van der Waals surface area contributed by atoms with Crippen molar-refractivity contribution >= 4 is 17.3 Å². The van der Waals surface area contributed by atoms with Crippen molar-refractivity contribution < 1.29 is 4.92 Å². The topological polar surface area (TPSA) is 58.4 Å². The van der Waals surface area contributed by atoms with E-state index in [1.165, 1.54) is 6.07 Å². The van der Waals surface area contributed by atoms with E-state index in [-0.39, 0.29) is 10.7 Å². The quantitative estimate of drug-likeness (QED) is 0.432. The van der Waals surface area contributed by atoms with Crippen LogP contribution >= 0.6 is 11.6 Å². The lowest BCUT2D eigenvalue weighted by Gasteiger charge is -2.17. The van der Waals surface area contributed by atoms with Crippen molar-refractivity contribution in [2.24, 2.45) is 0 Å². The number of nitro groups is 1. The highest BCUT2D eigenvalue weighted by Crippen LogP contribution is 2.24. The van der Waals surface area contributed by atoms with Crippen molar-refractivity contribution in [2.45, 2.75) is 26.8 Å². The number of benzene rings is 1. The Morgan fingerprint density at radius 2 is 2.05 bits per heavy atom. The fourth-order valence-electron chi connectivity index (χ4n) is 2.01. The highest BCUT2D eigenvalue weighted by atomic mass is 35.5. The smallest absolute Gasteiger partial charge is 0.288 e. The molecule has 20 heavy (non-hydrogen) atoms. The van der Waals surface area contributed by atoms with E-state index >= 15 is 0 Å². The predicted molar refractivity (Wildman–Crippen MR) is 82.2 cm³/mol. The predicted octanol–water partition coefficient (Wildman–Crippen LogP) is 3.07. The van der Waals surface area contributed by atoms with Crippen LogP contribution in [0.1, 0.15) is 25.8 Å². The minimum absolute atomic E-state index is 0.0332. The Morgan fingerprint density at radius 3 is 2.65 bits per heavy atom. The van der Waals surface area contributed by atoms with E-state index in [2.05, 4.69) is 24.1 Å². The molecule has 0 spiro atoms. The van der Waals surface area contributed by atoms with Gasteiger partial charge >= 0.3 is 0 Å². The highest BCUT2D eigenvalue weighted by molar-refractivity contribution is 6.32. The zero-order valence-corrected chi connectivity index (χ0v) is 12.8. The molecule has 1 aromatic carbocycles. The molecule has 0 atom stereocenters. The van der Waals surface area contributed by atoms with E-state index in [0.29, 0.717) is 6.54 Å². The van der Waals surface area contributed by atoms with Gasteiger partial charge in [0.05, 0.1) is 4.92 Å². The van der Waals surface area contributed by atoms with Gasteiger partial charge in [0.1, 0.15) is 5.02 Å². The number of halogens is 1. The van der Waals surface area contributed by atoms with Crippen molar-refractivity contribution in [1.29, 1.82) is 0 Å². The summed E-state index contributed by atoms with van der Waals surface area (Å²) in [6, 6.07) is 4.92. The van der Waals surface area contributed by atoms with Crippen molar-refractivity contribution in [3.05, 3.63) is 38.9 Å². The van der Waals surface area contributed by atoms with Crippen LogP contribution in [0.2, 0.25) is 5.02 Å². The molecule has 0 aliphatic carbocycles. The molecule has 0 aromatic heterocycles. The molecular weight excluding hydrogens is 278 g/mol. The third-order valence-electron chi connectivity index (χ3n) is 3.26. The molecule has 0 bridgehead atoms. The molecule has 1 rings (SSSR count). The summed E-state index contributed by atoms with van der Waals surface area (Å²) in [4.78, 5) is 12.7. The maximum absolute atomic E-state index is 10.8. The van der Waals surface area contributed by atoms with Gasteiger partial charge in [0.25, 0.3) is 5.69 Å². The summed E-state index contributed by atoms with van der Waals surface area (Å²) in [5, 5.41) is 14.3. The van der Waals surface area contributed by atoms with E-state index in [9.17, 15) is 10.1 Å². The van der Waals surface area contributed by atoms with Crippen LogP contribution in [0.5, 0.6) is 0 Å². The first-order valence-electron chi connectivity index (χ1n) is 6.94. The molecule has 1 aromatic rings. The van der Waals surface area contributed by atoms with Gasteiger partial charge in [-0.25, -0.2) is 0 Å². The van der Waals surface area contributed by atoms with Crippen LogP contribution in [0.3, 0.4) is 0 Å². The fraction of sp³-hybridized carbons (Fsp3) is 0.571. The first kappa shape index (κ1) is 16.9. The molecule has 0 aliphatic heterocycles. The molecule has 0 fully saturated rings. The first-order valence-corrected chi connectivity index (χ1v) is 7.32. The van der Waals surface area contributed by atoms with Gasteiger partial charge in [-0.05, 0) is 44.2 Å². The van der Waals surface area contributed by atoms with Crippen LogP contribution in [-0.2, 0) is 6.54 Å². The minimum atomic E-state index is -0.452. The van der Waals surface area contributed by atoms with Crippen LogP contribution in [0.15, 0.2) is 18.2 Å². The van der Waals surface area contributed by atoms with E-state index in [4.69, 9.17) is 11.6 Å². The number of hydrogen-bond acceptors (Lipinski definition) is 4. The molecule has 5 nitrogen and oxygen atoms in total. The fourth-order valence-corrected chi connectivity index (χ4v) is 2.19. The largest absolute Gasteiger partial charge is 0.313 e. The Morgan fingerprint density at radius 1 is 1.35 bits per heavy atom. The van der Waals surface area contributed by atoms with Crippen LogP contribution in [0.4, 0.5) is 5.69 Å². The van der Waals surface area contributed by atoms with Crippen LogP contribution in [0, 0.1) is 10.1 Å². The van der Waals surface area contributed by atoms with Gasteiger partial charge in [-0.1, -0.05) is 31.5 Å². The van der Waals surface area contributed by atoms with Crippen LogP contribution in [0.25, 0.3) is 0 Å². The zero-order chi connectivity index (χ0) is 15.0. The van der Waals surface area contributed by atoms with E-state index in [1.54, 1.807) is 6.07 Å². The lowest BCUT2D eigenvalue weighted by Crippen LogP contribution is -2.27. The van der Waals surface area contributed by atoms with Gasteiger partial charge in [-0.3, -0.25) is 10.1 Å². The van der Waals surface area contributed by atoms with Gasteiger partial charge in [-0.15, -0.1) is 0 Å². The Kier molecular flexibility index (Phi) is 7.51. The summed E-state index contributed by atoms with van der Waals surface area (Å²) in [5.74, 6) is 0. The molecule has 0 unspecified atom stereocenters. The zero-order valence-electron chi connectivity index (χ0n) is 12.1. The molecule has 0 amide bonds. The highest BCUT2D eigenvalue weighted by Gasteiger charge is 2.12. The van der Waals surface area contributed by atoms with Gasteiger partial charge in [0.15, 0.2) is 0 Å². The first-order chi connectivity index (χ1) is 9.58. The number of nitrogens with zero attached hydrogens (tertiary/aromatic N) is 2. The maximum atomic E-state index is 10.8. The molecule has 112 valence electrons. The van der Waals surface area contributed by atoms with Crippen LogP contribution in [-0.4, -0.2) is 36.0 Å². The average Bonchev–Trinajstić information content (AvgIpc) is 2.44. The lowest BCUT2D eigenvalue weighted by atomic mass is 10.2. The number of rotatable bonds is 9. The van der Waals surface area contributed by atoms with Crippen molar-refractivity contribution in [3.8, 4) is 0 Å². The summed E-state index contributed by atoms with van der Waals surface area (Å²) in [7, 11) is 0. The van der Waals surface area contributed by atoms with E-state index in [1.807, 2.05) is 6.07 Å². The molecule has 0 saturated heterocycles. The maximum Gasteiger partial charge on any atom is 0.288 e. The summed E-state index contributed by atoms with van der Waals surface area (Å²) < 4.78 is 0. The Hall–Kier alpha value is -1.17. The molecule has 0 heterocycles. The second kappa shape index (κ2) is 8.89. The second-order valence-corrected chi connectivity index (χ2v) is 5.01. The summed E-state index contributed by atoms with van der Waals surface area (Å²) >= 11 is 5.77. The molecular formula is C14H22ClN3O2. The van der Waals surface area contributed by atoms with Gasteiger partial charge in [0.2, 0.25) is 0 Å². The van der Waals surface area contributed by atoms with Gasteiger partial charge < -0.3 is 10.2 Å². The van der Waals surface area contributed by atoms with Crippen LogP contribution < -0.4 is 5.32 Å². The molecule has 0 radical (unpaired) electrons. The number of nitrogens with one attached hydrogen (secondary N) is 1. The third kappa shape index (κ3) is 5.45. The monoisotopic (exact) mass is 299 g/mol. The Labute approximate surface area is 125 Å². The van der Waals surface area contributed by atoms with E-state index < -0.39 is 4.92 Å². The second-order valence-electron chi connectivity index (χ2n) is 4.60. The van der Waals surface area contributed by atoms with E-state index in [0.717, 1.165) is 38.2 Å². The van der Waals surface area contributed by atoms with Gasteiger partial charge in [0, 0.05) is 12.6 Å². The molecule has 0 saturated carbocycles. The Balaban J connectivity index is 2.35. The molecule has 0 aliphatic rings. The summed E-state index contributed by atoms with van der Waals surface area (Å²) in [6.07, 6.45) is 1.07. The lowest BCUT2D eigenvalue weighted by molar-refractivity contribution is -0.384. The average molecular weight is 300 g/mol. The molecule has 6 heteroatoms. The summed E-state index contributed by atoms with van der Waals surface area (Å²) in [5.41, 5.74) is 0.845. The normalized spacial score (nSPS) is 11.0. The minimum Gasteiger partial charge on any atom is -0.313 e. The Bertz CT molecular complexity index is 436. The van der Waals surface area contributed by atoms with Crippen molar-refractivity contribution in [1.82, 2.24) is 10.2 Å². The number of hydrogen-bond donors (Lipinski definition) is 1. The molecule has 1 N–H and O–H groups in total. The standard InChI is InChI=1S/C14H22ClN3O2/c1-3-17(4-2)9-5-8-16-11-12-6-7-13(15)14(10-12)18(19)20/h6-7,10,16H,3-5,8-9,11H2,1-2H3. The SMILES string of the molecule is CCN(CC)CCCNCc1ccc(Cl)c([N+](=O)[O-])c1. The van der Waals surface area contributed by atoms with Crippen molar-refractivity contribution in [3.63, 3.8) is 0 Å². The van der Waals surface area contributed by atoms with Gasteiger partial charge in [-0.2, -0.15) is 0 Å². The number of nitro benzene ring substituents is 1. The third-order valence-corrected chi connectivity index (χ3v) is 3.58. The summed E-state index contributed by atoms with van der Waals surface area (Å²) in [6.45, 7) is 9.04. The van der Waals surface area contributed by atoms with Crippen molar-refractivity contribution in [2.75, 3.05) is 26.2 Å².